The van der Waals surface area contributed by atoms with Gasteiger partial charge in [-0.25, -0.2) is 4.98 Å². The number of aromatic nitrogens is 3. The first kappa shape index (κ1) is 13.1. The number of aryl methyl sites for hydroxylation is 2. The lowest BCUT2D eigenvalue weighted by Crippen LogP contribution is -2.34. The Bertz CT molecular complexity index is 641. The number of anilines is 1. The number of rotatable bonds is 4. The summed E-state index contributed by atoms with van der Waals surface area (Å²) in [5.74, 6) is 0.396. The van der Waals surface area contributed by atoms with E-state index in [1.54, 1.807) is 0 Å². The van der Waals surface area contributed by atoms with Crippen LogP contribution in [0.3, 0.4) is 0 Å². The average molecular weight is 273 g/mol. The Kier molecular flexibility index (Phi) is 3.40. The van der Waals surface area contributed by atoms with E-state index >= 15 is 0 Å². The normalized spacial score (nSPS) is 13.9. The Morgan fingerprint density at radius 1 is 1.30 bits per heavy atom. The van der Waals surface area contributed by atoms with E-state index in [-0.39, 0.29) is 0 Å². The fraction of sp³-hybridized carbons (Fsp3) is 0.500. The lowest BCUT2D eigenvalue weighted by atomic mass is 10.1. The molecule has 0 saturated heterocycles. The molecule has 0 saturated carbocycles. The van der Waals surface area contributed by atoms with Crippen LogP contribution in [0.1, 0.15) is 17.5 Å². The van der Waals surface area contributed by atoms with Crippen LogP contribution in [0, 0.1) is 5.21 Å². The molecule has 1 heterocycles. The first-order valence-electron chi connectivity index (χ1n) is 6.95. The van der Waals surface area contributed by atoms with E-state index in [0.29, 0.717) is 22.9 Å². The van der Waals surface area contributed by atoms with Crippen LogP contribution < -0.4 is 10.2 Å². The minimum atomic E-state index is 0.396. The van der Waals surface area contributed by atoms with E-state index in [4.69, 9.17) is 0 Å². The predicted molar refractivity (Wildman–Crippen MR) is 77.6 cm³/mol. The molecule has 6 heteroatoms. The SMILES string of the molecule is CN(C)CCNc1nc2cc3c(cc2[n+]([O-])n1)CCC3. The number of hydrogen-bond donors (Lipinski definition) is 1. The van der Waals surface area contributed by atoms with Crippen LogP contribution in [0.25, 0.3) is 11.0 Å². The highest BCUT2D eigenvalue weighted by molar-refractivity contribution is 5.74. The maximum Gasteiger partial charge on any atom is 0.290 e. The molecule has 1 aromatic heterocycles. The standard InChI is InChI=1S/C14H19N5O/c1-18(2)7-6-15-14-16-12-8-10-4-3-5-11(10)9-13(12)19(20)17-14/h8-9H,3-7H2,1-2H3,(H,15,16,17). The van der Waals surface area contributed by atoms with Gasteiger partial charge in [-0.2, -0.15) is 0 Å². The van der Waals surface area contributed by atoms with E-state index in [1.165, 1.54) is 11.1 Å². The monoisotopic (exact) mass is 273 g/mol. The van der Waals surface area contributed by atoms with Gasteiger partial charge in [0.2, 0.25) is 0 Å². The Balaban J connectivity index is 1.90. The van der Waals surface area contributed by atoms with Crippen LogP contribution in [0.4, 0.5) is 5.95 Å². The molecule has 0 aliphatic heterocycles. The van der Waals surface area contributed by atoms with Gasteiger partial charge in [0.25, 0.3) is 11.5 Å². The minimum Gasteiger partial charge on any atom is -0.594 e. The number of fused-ring (bicyclic) bond motifs is 2. The van der Waals surface area contributed by atoms with Crippen molar-refractivity contribution < 1.29 is 4.85 Å². The topological polar surface area (TPSA) is 68.0 Å². The van der Waals surface area contributed by atoms with Gasteiger partial charge in [0.05, 0.1) is 5.10 Å². The lowest BCUT2D eigenvalue weighted by molar-refractivity contribution is -0.641. The first-order valence-corrected chi connectivity index (χ1v) is 6.95. The molecule has 1 aliphatic rings. The molecule has 1 aliphatic carbocycles. The number of nitrogens with zero attached hydrogens (tertiary/aromatic N) is 4. The van der Waals surface area contributed by atoms with Gasteiger partial charge in [-0.05, 0) is 55.4 Å². The maximum absolute atomic E-state index is 12.0. The fourth-order valence-electron chi connectivity index (χ4n) is 2.58. The third kappa shape index (κ3) is 2.51. The van der Waals surface area contributed by atoms with Crippen LogP contribution in [-0.2, 0) is 12.8 Å². The molecule has 20 heavy (non-hydrogen) atoms. The second-order valence-corrected chi connectivity index (χ2v) is 5.50. The zero-order valence-corrected chi connectivity index (χ0v) is 11.9. The molecule has 1 N–H and O–H groups in total. The summed E-state index contributed by atoms with van der Waals surface area (Å²) in [6, 6.07) is 3.97. The highest BCUT2D eigenvalue weighted by Crippen LogP contribution is 2.25. The van der Waals surface area contributed by atoms with Gasteiger partial charge in [0.1, 0.15) is 5.52 Å². The summed E-state index contributed by atoms with van der Waals surface area (Å²) in [6.45, 7) is 1.58. The molecule has 0 bridgehead atoms. The van der Waals surface area contributed by atoms with Gasteiger partial charge in [0, 0.05) is 19.2 Å². The molecule has 0 amide bonds. The third-order valence-corrected chi connectivity index (χ3v) is 3.65. The second-order valence-electron chi connectivity index (χ2n) is 5.50. The third-order valence-electron chi connectivity index (χ3n) is 3.65. The molecular formula is C14H19N5O. The van der Waals surface area contributed by atoms with E-state index in [1.807, 2.05) is 26.2 Å². The molecule has 0 atom stereocenters. The van der Waals surface area contributed by atoms with Crippen molar-refractivity contribution in [3.63, 3.8) is 0 Å². The Morgan fingerprint density at radius 3 is 2.80 bits per heavy atom. The van der Waals surface area contributed by atoms with Gasteiger partial charge in [-0.3, -0.25) is 0 Å². The Hall–Kier alpha value is -1.95. The zero-order valence-electron chi connectivity index (χ0n) is 11.9. The average Bonchev–Trinajstić information content (AvgIpc) is 2.83. The van der Waals surface area contributed by atoms with Crippen molar-refractivity contribution in [1.29, 1.82) is 0 Å². The second kappa shape index (κ2) is 5.20. The smallest absolute Gasteiger partial charge is 0.290 e. The Morgan fingerprint density at radius 2 is 2.05 bits per heavy atom. The first-order chi connectivity index (χ1) is 9.63. The fourth-order valence-corrected chi connectivity index (χ4v) is 2.58. The predicted octanol–water partition coefficient (Wildman–Crippen LogP) is 0.725. The van der Waals surface area contributed by atoms with E-state index in [0.717, 1.165) is 31.3 Å². The number of nitrogens with one attached hydrogen (secondary N) is 1. The van der Waals surface area contributed by atoms with Gasteiger partial charge in [0.15, 0.2) is 0 Å². The van der Waals surface area contributed by atoms with Crippen LogP contribution in [0.15, 0.2) is 12.1 Å². The highest BCUT2D eigenvalue weighted by atomic mass is 16.5. The van der Waals surface area contributed by atoms with Crippen molar-refractivity contribution in [3.05, 3.63) is 28.5 Å². The van der Waals surface area contributed by atoms with Crippen LogP contribution in [-0.4, -0.2) is 42.2 Å². The number of likely N-dealkylation sites (N-methyl/N-ethyl adjacent to an activating group) is 1. The zero-order chi connectivity index (χ0) is 14.1. The Labute approximate surface area is 118 Å². The summed E-state index contributed by atoms with van der Waals surface area (Å²) in [4.78, 5) is 7.19. The number of hydrogen-bond acceptors (Lipinski definition) is 5. The molecule has 1 aromatic carbocycles. The molecule has 0 spiro atoms. The van der Waals surface area contributed by atoms with Crippen molar-refractivity contribution in [1.82, 2.24) is 15.0 Å². The molecule has 106 valence electrons. The van der Waals surface area contributed by atoms with Gasteiger partial charge >= 0.3 is 0 Å². The van der Waals surface area contributed by atoms with Crippen LogP contribution >= 0.6 is 0 Å². The van der Waals surface area contributed by atoms with Crippen LogP contribution in [0.2, 0.25) is 0 Å². The lowest BCUT2D eigenvalue weighted by Gasteiger charge is -2.10. The summed E-state index contributed by atoms with van der Waals surface area (Å²) in [6.07, 6.45) is 3.29. The molecule has 3 rings (SSSR count). The summed E-state index contributed by atoms with van der Waals surface area (Å²) >= 11 is 0. The largest absolute Gasteiger partial charge is 0.594 e. The van der Waals surface area contributed by atoms with Crippen molar-refractivity contribution >= 4 is 17.0 Å². The van der Waals surface area contributed by atoms with Gasteiger partial charge < -0.3 is 15.4 Å². The van der Waals surface area contributed by atoms with E-state index in [2.05, 4.69) is 20.3 Å². The molecule has 0 unspecified atom stereocenters. The van der Waals surface area contributed by atoms with Crippen molar-refractivity contribution in [2.24, 2.45) is 0 Å². The summed E-state index contributed by atoms with van der Waals surface area (Å²) in [7, 11) is 4.00. The van der Waals surface area contributed by atoms with E-state index in [9.17, 15) is 5.21 Å². The molecule has 2 aromatic rings. The quantitative estimate of drug-likeness (QED) is 0.657. The summed E-state index contributed by atoms with van der Waals surface area (Å²) in [5.41, 5.74) is 3.86. The summed E-state index contributed by atoms with van der Waals surface area (Å²) < 4.78 is 0. The molecule has 0 radical (unpaired) electrons. The number of benzene rings is 1. The highest BCUT2D eigenvalue weighted by Gasteiger charge is 2.18. The molecular weight excluding hydrogens is 254 g/mol. The van der Waals surface area contributed by atoms with Crippen molar-refractivity contribution in [3.8, 4) is 0 Å². The van der Waals surface area contributed by atoms with Crippen molar-refractivity contribution in [2.75, 3.05) is 32.5 Å². The van der Waals surface area contributed by atoms with Crippen LogP contribution in [0.5, 0.6) is 0 Å². The molecule has 0 fully saturated rings. The van der Waals surface area contributed by atoms with Gasteiger partial charge in [-0.1, -0.05) is 0 Å². The maximum atomic E-state index is 12.0. The van der Waals surface area contributed by atoms with Crippen molar-refractivity contribution in [2.45, 2.75) is 19.3 Å². The minimum absolute atomic E-state index is 0.396. The van der Waals surface area contributed by atoms with E-state index < -0.39 is 0 Å². The van der Waals surface area contributed by atoms with Gasteiger partial charge in [-0.15, -0.1) is 0 Å². The summed E-state index contributed by atoms with van der Waals surface area (Å²) in [5, 5.41) is 19.0. The molecule has 6 nitrogen and oxygen atoms in total.